The molecule has 2 N–H and O–H groups in total. The molecule has 5 nitrogen and oxygen atoms in total. The highest BCUT2D eigenvalue weighted by atomic mass is 127. The first-order valence-corrected chi connectivity index (χ1v) is 5.34. The van der Waals surface area contributed by atoms with E-state index in [4.69, 9.17) is 15.0 Å². The van der Waals surface area contributed by atoms with Crippen LogP contribution in [0, 0.1) is 0 Å². The van der Waals surface area contributed by atoms with Gasteiger partial charge in [0.25, 0.3) is 0 Å². The molecule has 0 aliphatic carbocycles. The molecule has 18 heavy (non-hydrogen) atoms. The van der Waals surface area contributed by atoms with Crippen molar-refractivity contribution in [2.45, 2.75) is 6.92 Å². The quantitative estimate of drug-likeness (QED) is 0.608. The molecular formula is C12H21IN2O3. The number of nitrogens with zero attached hydrogens (tertiary/aromatic N) is 1. The fourth-order valence-electron chi connectivity index (χ4n) is 1.04. The lowest BCUT2D eigenvalue weighted by Gasteiger charge is -2.27. The molecule has 0 radical (unpaired) electrons. The van der Waals surface area contributed by atoms with Gasteiger partial charge in [0.15, 0.2) is 0 Å². The molecule has 0 saturated heterocycles. The number of rotatable bonds is 2. The van der Waals surface area contributed by atoms with Crippen molar-refractivity contribution < 1.29 is 15.0 Å². The van der Waals surface area contributed by atoms with E-state index in [2.05, 4.69) is 21.0 Å². The number of halogens is 1. The summed E-state index contributed by atoms with van der Waals surface area (Å²) in [7, 11) is 5.58. The monoisotopic (exact) mass is 368 g/mol. The maximum atomic E-state index is 9.15. The Morgan fingerprint density at radius 3 is 2.00 bits per heavy atom. The van der Waals surface area contributed by atoms with Crippen LogP contribution in [0.2, 0.25) is 0 Å². The number of phenols is 1. The Morgan fingerprint density at radius 1 is 1.33 bits per heavy atom. The fourth-order valence-corrected chi connectivity index (χ4v) is 1.04. The normalized spacial score (nSPS) is 9.56. The summed E-state index contributed by atoms with van der Waals surface area (Å²) in [6.07, 6.45) is -1.25. The van der Waals surface area contributed by atoms with Gasteiger partial charge in [-0.1, -0.05) is 0 Å². The Hall–Kier alpha value is -1.02. The number of hydrogen-bond donors (Lipinski definition) is 2. The predicted molar refractivity (Wildman–Crippen MR) is 82.2 cm³/mol. The second-order valence-corrected chi connectivity index (χ2v) is 4.06. The molecule has 104 valence electrons. The zero-order valence-electron chi connectivity index (χ0n) is 11.1. The van der Waals surface area contributed by atoms with Crippen LogP contribution in [-0.4, -0.2) is 38.9 Å². The van der Waals surface area contributed by atoms with Gasteiger partial charge in [-0.2, -0.15) is 0 Å². The van der Waals surface area contributed by atoms with E-state index in [1.165, 1.54) is 12.7 Å². The smallest absolute Gasteiger partial charge is 0.133 e. The van der Waals surface area contributed by atoms with E-state index >= 15 is 0 Å². The summed E-state index contributed by atoms with van der Waals surface area (Å²) in [6, 6.07) is 7.37. The molecular weight excluding hydrogens is 347 g/mol. The molecule has 0 bridgehead atoms. The lowest BCUT2D eigenvalue weighted by atomic mass is 10.2. The molecule has 1 aromatic carbocycles. The summed E-state index contributed by atoms with van der Waals surface area (Å²) in [6.45, 7) is 3.19. The minimum Gasteiger partial charge on any atom is -0.530 e. The highest BCUT2D eigenvalue weighted by Crippen LogP contribution is 2.21. The van der Waals surface area contributed by atoms with Gasteiger partial charge >= 0.3 is 0 Å². The number of carbonyl (C=O) groups is 1. The second-order valence-electron chi connectivity index (χ2n) is 4.06. The summed E-state index contributed by atoms with van der Waals surface area (Å²) in [5.74, 6) is 0.329. The Balaban J connectivity index is 0. The van der Waals surface area contributed by atoms with E-state index in [1.807, 2.05) is 17.4 Å². The zero-order valence-corrected chi connectivity index (χ0v) is 13.5. The number of quaternary nitrogens is 1. The molecule has 1 aromatic rings. The molecule has 0 fully saturated rings. The SMILES string of the molecule is CC[N+](C)(C)c1ccc(O)cc1.CNC(=O)[O-].I. The van der Waals surface area contributed by atoms with Crippen LogP contribution >= 0.6 is 24.0 Å². The van der Waals surface area contributed by atoms with E-state index in [1.54, 1.807) is 12.1 Å². The average molecular weight is 368 g/mol. The van der Waals surface area contributed by atoms with Crippen LogP contribution in [0.1, 0.15) is 6.92 Å². The molecule has 6 heteroatoms. The predicted octanol–water partition coefficient (Wildman–Crippen LogP) is 1.15. The first-order valence-electron chi connectivity index (χ1n) is 5.34. The van der Waals surface area contributed by atoms with E-state index in [0.29, 0.717) is 5.75 Å². The van der Waals surface area contributed by atoms with Crippen LogP contribution in [0.15, 0.2) is 24.3 Å². The average Bonchev–Trinajstić information content (AvgIpc) is 2.30. The third kappa shape index (κ3) is 7.33. The molecule has 0 atom stereocenters. The summed E-state index contributed by atoms with van der Waals surface area (Å²) in [5.41, 5.74) is 1.22. The lowest BCUT2D eigenvalue weighted by Crippen LogP contribution is -2.39. The van der Waals surface area contributed by atoms with Gasteiger partial charge < -0.3 is 20.3 Å². The summed E-state index contributed by atoms with van der Waals surface area (Å²) in [5, 5.41) is 20.1. The van der Waals surface area contributed by atoms with Crippen molar-refractivity contribution in [1.29, 1.82) is 0 Å². The minimum absolute atomic E-state index is 0. The third-order valence-corrected chi connectivity index (χ3v) is 2.54. The second kappa shape index (κ2) is 8.98. The van der Waals surface area contributed by atoms with Crippen molar-refractivity contribution >= 4 is 35.8 Å². The topological polar surface area (TPSA) is 72.4 Å². The van der Waals surface area contributed by atoms with Crippen molar-refractivity contribution in [3.8, 4) is 5.75 Å². The van der Waals surface area contributed by atoms with E-state index in [9.17, 15) is 0 Å². The van der Waals surface area contributed by atoms with Crippen LogP contribution in [0.4, 0.5) is 10.5 Å². The summed E-state index contributed by atoms with van der Waals surface area (Å²) >= 11 is 0. The Bertz CT molecular complexity index is 353. The molecule has 1 rings (SSSR count). The van der Waals surface area contributed by atoms with E-state index in [-0.39, 0.29) is 24.0 Å². The summed E-state index contributed by atoms with van der Waals surface area (Å²) < 4.78 is 0.847. The standard InChI is InChI=1S/C10H15NO.C2H5NO2.HI/c1-4-11(2,3)9-5-7-10(12)8-6-9;1-3-2(4)5;/h5-8H,4H2,1-3H3;3H,1H3,(H,4,5);1H. The zero-order chi connectivity index (χ0) is 13.5. The number of aromatic hydroxyl groups is 1. The van der Waals surface area contributed by atoms with Crippen LogP contribution < -0.4 is 14.9 Å². The number of hydrogen-bond acceptors (Lipinski definition) is 3. The highest BCUT2D eigenvalue weighted by molar-refractivity contribution is 14.0. The van der Waals surface area contributed by atoms with Crippen molar-refractivity contribution in [3.63, 3.8) is 0 Å². The number of carboxylic acid groups (broad SMARTS) is 1. The van der Waals surface area contributed by atoms with Gasteiger partial charge in [-0.05, 0) is 19.1 Å². The van der Waals surface area contributed by atoms with Gasteiger partial charge in [-0.15, -0.1) is 24.0 Å². The van der Waals surface area contributed by atoms with Crippen molar-refractivity contribution in [3.05, 3.63) is 24.3 Å². The fraction of sp³-hybridized carbons (Fsp3) is 0.417. The molecule has 0 aliphatic heterocycles. The number of benzene rings is 1. The van der Waals surface area contributed by atoms with Gasteiger partial charge in [0.2, 0.25) is 0 Å². The molecule has 0 unspecified atom stereocenters. The van der Waals surface area contributed by atoms with E-state index < -0.39 is 6.09 Å². The van der Waals surface area contributed by atoms with Gasteiger partial charge in [0, 0.05) is 19.2 Å². The van der Waals surface area contributed by atoms with Crippen LogP contribution in [0.3, 0.4) is 0 Å². The third-order valence-electron chi connectivity index (χ3n) is 2.54. The molecule has 0 saturated carbocycles. The van der Waals surface area contributed by atoms with Crippen LogP contribution in [-0.2, 0) is 0 Å². The molecule has 0 heterocycles. The molecule has 0 aromatic heterocycles. The maximum Gasteiger partial charge on any atom is 0.133 e. The van der Waals surface area contributed by atoms with Crippen LogP contribution in [0.5, 0.6) is 5.75 Å². The minimum atomic E-state index is -1.25. The number of nitrogens with one attached hydrogen (secondary N) is 1. The van der Waals surface area contributed by atoms with Crippen LogP contribution in [0.25, 0.3) is 0 Å². The first kappa shape index (κ1) is 19.3. The Kier molecular flexibility index (Phi) is 9.64. The number of amides is 1. The number of phenolic OH excluding ortho intramolecular Hbond substituents is 1. The maximum absolute atomic E-state index is 9.15. The Labute approximate surface area is 125 Å². The van der Waals surface area contributed by atoms with Gasteiger partial charge in [0.1, 0.15) is 17.5 Å². The molecule has 0 aliphatic rings. The molecule has 1 amide bonds. The molecule has 0 spiro atoms. The van der Waals surface area contributed by atoms with Gasteiger partial charge in [-0.25, -0.2) is 0 Å². The lowest BCUT2D eigenvalue weighted by molar-refractivity contribution is -0.250. The number of carbonyl (C=O) groups excluding carboxylic acids is 1. The summed E-state index contributed by atoms with van der Waals surface area (Å²) in [4.78, 5) is 9.15. The van der Waals surface area contributed by atoms with Crippen molar-refractivity contribution in [2.75, 3.05) is 27.7 Å². The largest absolute Gasteiger partial charge is 0.530 e. The van der Waals surface area contributed by atoms with Crippen molar-refractivity contribution in [2.24, 2.45) is 0 Å². The van der Waals surface area contributed by atoms with Gasteiger partial charge in [0.05, 0.1) is 20.6 Å². The first-order chi connectivity index (χ1) is 7.83. The van der Waals surface area contributed by atoms with E-state index in [0.717, 1.165) is 11.0 Å². The highest BCUT2D eigenvalue weighted by Gasteiger charge is 2.14. The Morgan fingerprint density at radius 2 is 1.72 bits per heavy atom. The van der Waals surface area contributed by atoms with Gasteiger partial charge in [-0.3, -0.25) is 4.48 Å². The van der Waals surface area contributed by atoms with Crippen molar-refractivity contribution in [1.82, 2.24) is 9.80 Å².